The molecule has 2 fully saturated rings. The summed E-state index contributed by atoms with van der Waals surface area (Å²) in [5, 5.41) is 3.00. The summed E-state index contributed by atoms with van der Waals surface area (Å²) in [6, 6.07) is 0.360. The zero-order valence-corrected chi connectivity index (χ0v) is 9.22. The predicted octanol–water partition coefficient (Wildman–Crippen LogP) is 3.20. The number of rotatable bonds is 3. The third-order valence-corrected chi connectivity index (χ3v) is 4.10. The summed E-state index contributed by atoms with van der Waals surface area (Å²) < 4.78 is 24.1. The van der Waals surface area contributed by atoms with E-state index in [-0.39, 0.29) is 6.54 Å². The third-order valence-electron chi connectivity index (χ3n) is 4.10. The Labute approximate surface area is 90.6 Å². The van der Waals surface area contributed by atoms with Crippen LogP contribution in [0.3, 0.4) is 0 Å². The van der Waals surface area contributed by atoms with Gasteiger partial charge in [0.15, 0.2) is 0 Å². The van der Waals surface area contributed by atoms with Gasteiger partial charge >= 0.3 is 0 Å². The number of fused-ring (bicyclic) bond motifs is 1. The van der Waals surface area contributed by atoms with E-state index >= 15 is 0 Å². The van der Waals surface area contributed by atoms with Crippen LogP contribution < -0.4 is 5.32 Å². The maximum Gasteiger partial charge on any atom is 0.250 e. The normalized spacial score (nSPS) is 36.6. The minimum Gasteiger partial charge on any atom is -0.309 e. The van der Waals surface area contributed by atoms with Crippen LogP contribution in [0.5, 0.6) is 0 Å². The van der Waals surface area contributed by atoms with Crippen molar-refractivity contribution < 1.29 is 8.78 Å². The molecule has 2 saturated carbocycles. The molecule has 0 amide bonds. The molecule has 0 spiro atoms. The molecule has 0 radical (unpaired) electrons. The summed E-state index contributed by atoms with van der Waals surface area (Å²) in [5.41, 5.74) is 0. The second-order valence-corrected chi connectivity index (χ2v) is 5.11. The minimum absolute atomic E-state index is 0.123. The number of halogens is 2. The molecular weight excluding hydrogens is 196 g/mol. The molecule has 0 aromatic heterocycles. The van der Waals surface area contributed by atoms with Gasteiger partial charge in [0.1, 0.15) is 0 Å². The van der Waals surface area contributed by atoms with Gasteiger partial charge in [-0.15, -0.1) is 0 Å². The Balaban J connectivity index is 1.75. The molecule has 3 unspecified atom stereocenters. The Morgan fingerprint density at radius 1 is 1.00 bits per heavy atom. The second kappa shape index (κ2) is 5.24. The number of nitrogens with one attached hydrogen (secondary N) is 1. The second-order valence-electron chi connectivity index (χ2n) is 5.11. The fourth-order valence-corrected chi connectivity index (χ4v) is 3.31. The summed E-state index contributed by atoms with van der Waals surface area (Å²) in [7, 11) is 0. The molecule has 0 aromatic carbocycles. The minimum atomic E-state index is -2.20. The van der Waals surface area contributed by atoms with E-state index in [1.165, 1.54) is 32.1 Å². The van der Waals surface area contributed by atoms with Gasteiger partial charge in [0.25, 0.3) is 6.43 Å². The highest BCUT2D eigenvalue weighted by Gasteiger charge is 2.31. The van der Waals surface area contributed by atoms with E-state index in [9.17, 15) is 8.78 Å². The van der Waals surface area contributed by atoms with Crippen molar-refractivity contribution in [1.82, 2.24) is 5.32 Å². The average Bonchev–Trinajstić information content (AvgIpc) is 2.26. The molecule has 15 heavy (non-hydrogen) atoms. The number of hydrogen-bond donors (Lipinski definition) is 1. The summed E-state index contributed by atoms with van der Waals surface area (Å²) in [4.78, 5) is 0. The van der Waals surface area contributed by atoms with E-state index in [2.05, 4.69) is 5.32 Å². The maximum absolute atomic E-state index is 12.1. The Morgan fingerprint density at radius 3 is 2.47 bits per heavy atom. The van der Waals surface area contributed by atoms with E-state index in [1.807, 2.05) is 0 Å². The quantitative estimate of drug-likeness (QED) is 0.765. The van der Waals surface area contributed by atoms with Crippen molar-refractivity contribution in [3.05, 3.63) is 0 Å². The van der Waals surface area contributed by atoms with Crippen molar-refractivity contribution in [2.24, 2.45) is 11.8 Å². The van der Waals surface area contributed by atoms with E-state index in [1.54, 1.807) is 0 Å². The number of alkyl halides is 2. The van der Waals surface area contributed by atoms with Crippen LogP contribution in [0.1, 0.15) is 44.9 Å². The van der Waals surface area contributed by atoms with Crippen molar-refractivity contribution >= 4 is 0 Å². The van der Waals surface area contributed by atoms with Crippen molar-refractivity contribution in [2.75, 3.05) is 6.54 Å². The van der Waals surface area contributed by atoms with E-state index in [4.69, 9.17) is 0 Å². The Kier molecular flexibility index (Phi) is 3.95. The van der Waals surface area contributed by atoms with E-state index < -0.39 is 6.43 Å². The van der Waals surface area contributed by atoms with Gasteiger partial charge in [0, 0.05) is 6.04 Å². The smallest absolute Gasteiger partial charge is 0.250 e. The van der Waals surface area contributed by atoms with Crippen LogP contribution in [0.25, 0.3) is 0 Å². The average molecular weight is 217 g/mol. The lowest BCUT2D eigenvalue weighted by Gasteiger charge is -2.39. The maximum atomic E-state index is 12.1. The first-order valence-corrected chi connectivity index (χ1v) is 6.27. The molecular formula is C12H21F2N. The Hall–Kier alpha value is -0.180. The Bertz CT molecular complexity index is 196. The van der Waals surface area contributed by atoms with Crippen molar-refractivity contribution in [2.45, 2.75) is 57.4 Å². The van der Waals surface area contributed by atoms with Crippen LogP contribution in [-0.2, 0) is 0 Å². The summed E-state index contributed by atoms with van der Waals surface area (Å²) in [6.45, 7) is -0.123. The lowest BCUT2D eigenvalue weighted by atomic mass is 9.69. The molecule has 0 saturated heterocycles. The zero-order chi connectivity index (χ0) is 10.7. The van der Waals surface area contributed by atoms with Gasteiger partial charge in [0.2, 0.25) is 0 Å². The van der Waals surface area contributed by atoms with Gasteiger partial charge in [-0.2, -0.15) is 0 Å². The first-order chi connectivity index (χ1) is 7.25. The summed E-state index contributed by atoms with van der Waals surface area (Å²) >= 11 is 0. The highest BCUT2D eigenvalue weighted by atomic mass is 19.3. The molecule has 0 heterocycles. The van der Waals surface area contributed by atoms with E-state index in [0.717, 1.165) is 24.7 Å². The largest absolute Gasteiger partial charge is 0.309 e. The molecule has 2 aliphatic rings. The highest BCUT2D eigenvalue weighted by molar-refractivity contribution is 4.86. The van der Waals surface area contributed by atoms with Gasteiger partial charge < -0.3 is 5.32 Å². The summed E-state index contributed by atoms with van der Waals surface area (Å²) in [6.07, 6.45) is 6.74. The highest BCUT2D eigenvalue weighted by Crippen LogP contribution is 2.40. The van der Waals surface area contributed by atoms with Crippen molar-refractivity contribution in [3.8, 4) is 0 Å². The standard InChI is InChI=1S/C12H21F2N/c13-12(14)8-15-11-6-5-9-3-1-2-4-10(9)7-11/h9-12,15H,1-8H2. The topological polar surface area (TPSA) is 12.0 Å². The van der Waals surface area contributed by atoms with Crippen LogP contribution in [-0.4, -0.2) is 19.0 Å². The van der Waals surface area contributed by atoms with Crippen LogP contribution in [0, 0.1) is 11.8 Å². The van der Waals surface area contributed by atoms with E-state index in [0.29, 0.717) is 6.04 Å². The van der Waals surface area contributed by atoms with Crippen LogP contribution in [0.15, 0.2) is 0 Å². The van der Waals surface area contributed by atoms with Gasteiger partial charge in [-0.3, -0.25) is 0 Å². The molecule has 1 nitrogen and oxygen atoms in total. The predicted molar refractivity (Wildman–Crippen MR) is 57.1 cm³/mol. The van der Waals surface area contributed by atoms with Crippen LogP contribution in [0.4, 0.5) is 8.78 Å². The molecule has 1 N–H and O–H groups in total. The lowest BCUT2D eigenvalue weighted by Crippen LogP contribution is -2.40. The SMILES string of the molecule is FC(F)CNC1CCC2CCCCC2C1. The van der Waals surface area contributed by atoms with Crippen LogP contribution in [0.2, 0.25) is 0 Å². The Morgan fingerprint density at radius 2 is 1.73 bits per heavy atom. The molecule has 0 aliphatic heterocycles. The fraction of sp³-hybridized carbons (Fsp3) is 1.00. The van der Waals surface area contributed by atoms with Gasteiger partial charge in [-0.05, 0) is 31.1 Å². The first kappa shape index (κ1) is 11.3. The monoisotopic (exact) mass is 217 g/mol. The van der Waals surface area contributed by atoms with Crippen molar-refractivity contribution in [3.63, 3.8) is 0 Å². The molecule has 0 aromatic rings. The third kappa shape index (κ3) is 3.13. The van der Waals surface area contributed by atoms with Gasteiger partial charge in [-0.1, -0.05) is 25.7 Å². The molecule has 3 atom stereocenters. The van der Waals surface area contributed by atoms with Crippen LogP contribution >= 0.6 is 0 Å². The van der Waals surface area contributed by atoms with Gasteiger partial charge in [0.05, 0.1) is 6.54 Å². The first-order valence-electron chi connectivity index (χ1n) is 6.27. The number of hydrogen-bond acceptors (Lipinski definition) is 1. The molecule has 2 rings (SSSR count). The fourth-order valence-electron chi connectivity index (χ4n) is 3.31. The molecule has 88 valence electrons. The van der Waals surface area contributed by atoms with Crippen molar-refractivity contribution in [1.29, 1.82) is 0 Å². The lowest BCUT2D eigenvalue weighted by molar-refractivity contribution is 0.113. The molecule has 2 aliphatic carbocycles. The molecule has 0 bridgehead atoms. The zero-order valence-electron chi connectivity index (χ0n) is 9.22. The molecule has 3 heteroatoms. The van der Waals surface area contributed by atoms with Gasteiger partial charge in [-0.25, -0.2) is 8.78 Å². The summed E-state index contributed by atoms with van der Waals surface area (Å²) in [5.74, 6) is 1.73.